The van der Waals surface area contributed by atoms with E-state index in [4.69, 9.17) is 5.73 Å². The number of hydrogen-bond acceptors (Lipinski definition) is 3. The molecule has 17 heavy (non-hydrogen) atoms. The molecule has 1 aliphatic carbocycles. The largest absolute Gasteiger partial charge is 0.325 e. The molecule has 88 valence electrons. The topological polar surface area (TPSA) is 56.7 Å². The van der Waals surface area contributed by atoms with E-state index in [2.05, 4.69) is 34.3 Å². The van der Waals surface area contributed by atoms with Gasteiger partial charge in [-0.05, 0) is 43.4 Å². The maximum absolute atomic E-state index is 6.08. The van der Waals surface area contributed by atoms with Crippen molar-refractivity contribution in [1.82, 2.24) is 14.8 Å². The van der Waals surface area contributed by atoms with Crippen LogP contribution in [0.3, 0.4) is 0 Å². The Morgan fingerprint density at radius 1 is 1.24 bits per heavy atom. The monoisotopic (exact) mass is 228 g/mol. The van der Waals surface area contributed by atoms with E-state index in [1.807, 2.05) is 0 Å². The zero-order valence-corrected chi connectivity index (χ0v) is 9.71. The molecular weight excluding hydrogens is 212 g/mol. The number of hydrogen-bond donors (Lipinski definition) is 1. The summed E-state index contributed by atoms with van der Waals surface area (Å²) in [6.07, 6.45) is 7.77. The van der Waals surface area contributed by atoms with E-state index in [0.29, 0.717) is 0 Å². The highest BCUT2D eigenvalue weighted by Crippen LogP contribution is 2.36. The fourth-order valence-corrected chi connectivity index (χ4v) is 1.96. The summed E-state index contributed by atoms with van der Waals surface area (Å²) < 4.78 is 1.76. The van der Waals surface area contributed by atoms with Crippen molar-refractivity contribution in [3.63, 3.8) is 0 Å². The number of rotatable bonds is 4. The molecule has 1 heterocycles. The molecule has 1 aliphatic rings. The summed E-state index contributed by atoms with van der Waals surface area (Å²) in [5.74, 6) is 0. The fourth-order valence-electron chi connectivity index (χ4n) is 1.96. The molecule has 0 aliphatic heterocycles. The van der Waals surface area contributed by atoms with Gasteiger partial charge in [0.15, 0.2) is 0 Å². The lowest BCUT2D eigenvalue weighted by molar-refractivity contribution is 0.609. The van der Waals surface area contributed by atoms with Gasteiger partial charge in [0.2, 0.25) is 0 Å². The van der Waals surface area contributed by atoms with Crippen molar-refractivity contribution in [3.05, 3.63) is 42.5 Å². The van der Waals surface area contributed by atoms with Crippen molar-refractivity contribution in [3.8, 4) is 5.69 Å². The molecule has 1 fully saturated rings. The Labute approximate surface area is 100 Å². The van der Waals surface area contributed by atoms with Crippen LogP contribution >= 0.6 is 0 Å². The van der Waals surface area contributed by atoms with Gasteiger partial charge in [0, 0.05) is 5.54 Å². The summed E-state index contributed by atoms with van der Waals surface area (Å²) in [7, 11) is 0. The minimum Gasteiger partial charge on any atom is -0.325 e. The second kappa shape index (κ2) is 3.96. The predicted molar refractivity (Wildman–Crippen MR) is 65.8 cm³/mol. The SMILES string of the molecule is NC1(CCc2ccc(-n3cncn3)cc2)CC1. The third-order valence-electron chi connectivity index (χ3n) is 3.42. The van der Waals surface area contributed by atoms with Gasteiger partial charge < -0.3 is 5.73 Å². The van der Waals surface area contributed by atoms with E-state index in [1.54, 1.807) is 17.3 Å². The lowest BCUT2D eigenvalue weighted by Gasteiger charge is -2.08. The molecule has 1 aromatic heterocycles. The van der Waals surface area contributed by atoms with E-state index in [-0.39, 0.29) is 5.54 Å². The van der Waals surface area contributed by atoms with Gasteiger partial charge >= 0.3 is 0 Å². The first-order chi connectivity index (χ1) is 8.25. The molecule has 4 nitrogen and oxygen atoms in total. The van der Waals surface area contributed by atoms with Crippen LogP contribution in [0.4, 0.5) is 0 Å². The van der Waals surface area contributed by atoms with Gasteiger partial charge in [-0.15, -0.1) is 0 Å². The zero-order chi connectivity index (χ0) is 11.7. The van der Waals surface area contributed by atoms with E-state index >= 15 is 0 Å². The Kier molecular flexibility index (Phi) is 2.44. The van der Waals surface area contributed by atoms with Crippen molar-refractivity contribution in [1.29, 1.82) is 0 Å². The number of nitrogens with zero attached hydrogens (tertiary/aromatic N) is 3. The van der Waals surface area contributed by atoms with Crippen LogP contribution in [0, 0.1) is 0 Å². The van der Waals surface area contributed by atoms with Crippen LogP contribution in [0.25, 0.3) is 5.69 Å². The molecule has 1 aromatic carbocycles. The lowest BCUT2D eigenvalue weighted by atomic mass is 10.0. The van der Waals surface area contributed by atoms with Crippen LogP contribution in [0.2, 0.25) is 0 Å². The van der Waals surface area contributed by atoms with Crippen LogP contribution in [0.1, 0.15) is 24.8 Å². The number of benzene rings is 1. The molecule has 3 rings (SSSR count). The minimum absolute atomic E-state index is 0.143. The summed E-state index contributed by atoms with van der Waals surface area (Å²) >= 11 is 0. The molecule has 0 unspecified atom stereocenters. The van der Waals surface area contributed by atoms with Crippen LogP contribution < -0.4 is 5.73 Å². The molecule has 0 spiro atoms. The van der Waals surface area contributed by atoms with Gasteiger partial charge in [0.1, 0.15) is 12.7 Å². The molecule has 0 radical (unpaired) electrons. The standard InChI is InChI=1S/C13H16N4/c14-13(7-8-13)6-5-11-1-3-12(4-2-11)17-10-15-9-16-17/h1-4,9-10H,5-8,14H2. The first kappa shape index (κ1) is 10.5. The van der Waals surface area contributed by atoms with Gasteiger partial charge in [0.25, 0.3) is 0 Å². The Balaban J connectivity index is 1.67. The van der Waals surface area contributed by atoms with Gasteiger partial charge in [-0.3, -0.25) is 0 Å². The quantitative estimate of drug-likeness (QED) is 0.866. The average molecular weight is 228 g/mol. The molecule has 0 bridgehead atoms. The van der Waals surface area contributed by atoms with Crippen molar-refractivity contribution in [2.45, 2.75) is 31.2 Å². The van der Waals surface area contributed by atoms with Crippen molar-refractivity contribution < 1.29 is 0 Å². The van der Waals surface area contributed by atoms with Gasteiger partial charge in [-0.25, -0.2) is 9.67 Å². The van der Waals surface area contributed by atoms with E-state index < -0.39 is 0 Å². The molecule has 4 heteroatoms. The maximum atomic E-state index is 6.08. The maximum Gasteiger partial charge on any atom is 0.138 e. The summed E-state index contributed by atoms with van der Waals surface area (Å²) in [6, 6.07) is 8.42. The van der Waals surface area contributed by atoms with Gasteiger partial charge in [-0.1, -0.05) is 12.1 Å². The Hall–Kier alpha value is -1.68. The Morgan fingerprint density at radius 2 is 2.00 bits per heavy atom. The minimum atomic E-state index is 0.143. The number of aromatic nitrogens is 3. The van der Waals surface area contributed by atoms with Crippen molar-refractivity contribution in [2.75, 3.05) is 0 Å². The second-order valence-corrected chi connectivity index (χ2v) is 4.87. The average Bonchev–Trinajstić information content (AvgIpc) is 2.89. The summed E-state index contributed by atoms with van der Waals surface area (Å²) in [6.45, 7) is 0. The molecular formula is C13H16N4. The zero-order valence-electron chi connectivity index (χ0n) is 9.71. The van der Waals surface area contributed by atoms with Crippen molar-refractivity contribution in [2.24, 2.45) is 5.73 Å². The van der Waals surface area contributed by atoms with Gasteiger partial charge in [0.05, 0.1) is 5.69 Å². The van der Waals surface area contributed by atoms with Crippen LogP contribution in [0.15, 0.2) is 36.9 Å². The highest BCUT2D eigenvalue weighted by atomic mass is 15.3. The second-order valence-electron chi connectivity index (χ2n) is 4.87. The highest BCUT2D eigenvalue weighted by Gasteiger charge is 2.37. The molecule has 1 saturated carbocycles. The highest BCUT2D eigenvalue weighted by molar-refractivity contribution is 5.33. The summed E-state index contributed by atoms with van der Waals surface area (Å²) in [4.78, 5) is 3.93. The van der Waals surface area contributed by atoms with Crippen LogP contribution in [0.5, 0.6) is 0 Å². The first-order valence-corrected chi connectivity index (χ1v) is 5.98. The normalized spacial score (nSPS) is 17.0. The first-order valence-electron chi connectivity index (χ1n) is 5.98. The van der Waals surface area contributed by atoms with Crippen molar-refractivity contribution >= 4 is 0 Å². The van der Waals surface area contributed by atoms with Crippen LogP contribution in [-0.4, -0.2) is 20.3 Å². The smallest absolute Gasteiger partial charge is 0.138 e. The Morgan fingerprint density at radius 3 is 2.59 bits per heavy atom. The van der Waals surface area contributed by atoms with Crippen LogP contribution in [-0.2, 0) is 6.42 Å². The molecule has 2 N–H and O–H groups in total. The lowest BCUT2D eigenvalue weighted by Crippen LogP contribution is -2.22. The molecule has 2 aromatic rings. The number of nitrogens with two attached hydrogens (primary N) is 1. The molecule has 0 saturated heterocycles. The molecule has 0 amide bonds. The third-order valence-corrected chi connectivity index (χ3v) is 3.42. The molecule has 0 atom stereocenters. The fraction of sp³-hybridized carbons (Fsp3) is 0.385. The number of aryl methyl sites for hydroxylation is 1. The van der Waals surface area contributed by atoms with Gasteiger partial charge in [-0.2, -0.15) is 5.10 Å². The predicted octanol–water partition coefficient (Wildman–Crippen LogP) is 1.69. The van der Waals surface area contributed by atoms with E-state index in [1.165, 1.54) is 18.4 Å². The van der Waals surface area contributed by atoms with E-state index in [9.17, 15) is 0 Å². The summed E-state index contributed by atoms with van der Waals surface area (Å²) in [5.41, 5.74) is 8.60. The summed E-state index contributed by atoms with van der Waals surface area (Å²) in [5, 5.41) is 4.10. The Bertz CT molecular complexity index is 483. The third kappa shape index (κ3) is 2.36. The van der Waals surface area contributed by atoms with E-state index in [0.717, 1.165) is 18.5 Å².